The number of benzene rings is 12. The fourth-order valence-electron chi connectivity index (χ4n) is 11.2. The number of fused-ring (bicyclic) bond motifs is 12. The molecule has 0 heterocycles. The van der Waals surface area contributed by atoms with Gasteiger partial charge in [0.05, 0.1) is 0 Å². The van der Waals surface area contributed by atoms with Crippen molar-refractivity contribution in [3.8, 4) is 33.4 Å². The SMILES string of the molecule is CC1(C)c2ccccc2-c2ccc(-c3c4ccccc4c(-c4ccc5c6cccc7cccc(c8cccc4c85)c76)c4c5ccccc5c5ccccc5c34)cc21. The van der Waals surface area contributed by atoms with Crippen LogP contribution in [0.5, 0.6) is 0 Å². The van der Waals surface area contributed by atoms with Crippen molar-refractivity contribution in [1.29, 1.82) is 0 Å². The van der Waals surface area contributed by atoms with Gasteiger partial charge in [-0.2, -0.15) is 0 Å². The van der Waals surface area contributed by atoms with Crippen molar-refractivity contribution in [2.45, 2.75) is 19.3 Å². The number of hydrogen-bond donors (Lipinski definition) is 0. The van der Waals surface area contributed by atoms with Crippen LogP contribution in [0.1, 0.15) is 25.0 Å². The molecule has 0 saturated carbocycles. The van der Waals surface area contributed by atoms with E-state index >= 15 is 0 Å². The zero-order chi connectivity index (χ0) is 37.6. The van der Waals surface area contributed by atoms with E-state index in [2.05, 4.69) is 196 Å². The molecule has 12 aromatic carbocycles. The summed E-state index contributed by atoms with van der Waals surface area (Å²) in [6.07, 6.45) is 0. The predicted octanol–water partition coefficient (Wildman–Crippen LogP) is 16.0. The van der Waals surface area contributed by atoms with E-state index in [0.29, 0.717) is 0 Å². The molecule has 0 aromatic heterocycles. The predicted molar refractivity (Wildman–Crippen MR) is 246 cm³/mol. The molecule has 0 saturated heterocycles. The first-order valence-electron chi connectivity index (χ1n) is 20.2. The highest BCUT2D eigenvalue weighted by Gasteiger charge is 2.35. The lowest BCUT2D eigenvalue weighted by Crippen LogP contribution is -2.14. The first-order chi connectivity index (χ1) is 28.1. The Kier molecular flexibility index (Phi) is 6.06. The topological polar surface area (TPSA) is 0 Å². The van der Waals surface area contributed by atoms with Gasteiger partial charge < -0.3 is 0 Å². The summed E-state index contributed by atoms with van der Waals surface area (Å²) in [6, 6.07) is 69.0. The standard InChI is InChI=1S/C57H36/c1-57(2)49-27-10-9-18-37(49)38-29-28-34(32-50(38)57)52-43-21-7-8-22-46(43)54(56-40-20-6-4-17-36(40)35-16-3-5-19-39(35)55(52)56)48-31-30-47-42-24-12-15-33-14-11-23-41(51(33)42)44-25-13-26-45(48)53(44)47/h3-32H,1-2H3. The van der Waals surface area contributed by atoms with Crippen LogP contribution in [-0.4, -0.2) is 0 Å². The molecule has 0 unspecified atom stereocenters. The molecule has 0 radical (unpaired) electrons. The van der Waals surface area contributed by atoms with Crippen LogP contribution >= 0.6 is 0 Å². The average molecular weight is 721 g/mol. The average Bonchev–Trinajstić information content (AvgIpc) is 3.49. The molecule has 0 heteroatoms. The van der Waals surface area contributed by atoms with E-state index in [1.54, 1.807) is 0 Å². The second-order valence-corrected chi connectivity index (χ2v) is 16.7. The Balaban J connectivity index is 1.24. The fourth-order valence-corrected chi connectivity index (χ4v) is 11.2. The molecule has 0 N–H and O–H groups in total. The zero-order valence-electron chi connectivity index (χ0n) is 31.8. The summed E-state index contributed by atoms with van der Waals surface area (Å²) >= 11 is 0. The third-order valence-corrected chi connectivity index (χ3v) is 13.6. The van der Waals surface area contributed by atoms with Gasteiger partial charge in [0.25, 0.3) is 0 Å². The zero-order valence-corrected chi connectivity index (χ0v) is 31.8. The molecule has 0 fully saturated rings. The third-order valence-electron chi connectivity index (χ3n) is 13.6. The van der Waals surface area contributed by atoms with Crippen molar-refractivity contribution in [3.63, 3.8) is 0 Å². The van der Waals surface area contributed by atoms with Crippen LogP contribution in [0.4, 0.5) is 0 Å². The van der Waals surface area contributed by atoms with Gasteiger partial charge in [-0.25, -0.2) is 0 Å². The largest absolute Gasteiger partial charge is 0.0619 e. The van der Waals surface area contributed by atoms with Gasteiger partial charge in [-0.05, 0) is 137 Å². The minimum absolute atomic E-state index is 0.103. The van der Waals surface area contributed by atoms with Crippen molar-refractivity contribution < 1.29 is 0 Å². The Morgan fingerprint density at radius 1 is 0.281 bits per heavy atom. The fraction of sp³-hybridized carbons (Fsp3) is 0.0526. The molecule has 264 valence electrons. The molecule has 0 amide bonds. The molecule has 57 heavy (non-hydrogen) atoms. The third kappa shape index (κ3) is 3.97. The van der Waals surface area contributed by atoms with Crippen LogP contribution < -0.4 is 0 Å². The molecular formula is C57H36. The van der Waals surface area contributed by atoms with E-state index < -0.39 is 0 Å². The van der Waals surface area contributed by atoms with E-state index in [1.807, 2.05) is 0 Å². The van der Waals surface area contributed by atoms with Gasteiger partial charge in [0, 0.05) is 5.41 Å². The van der Waals surface area contributed by atoms with Crippen molar-refractivity contribution in [1.82, 2.24) is 0 Å². The van der Waals surface area contributed by atoms with Gasteiger partial charge in [0.2, 0.25) is 0 Å². The first kappa shape index (κ1) is 31.2. The van der Waals surface area contributed by atoms with Crippen LogP contribution in [0, 0.1) is 0 Å². The summed E-state index contributed by atoms with van der Waals surface area (Å²) in [4.78, 5) is 0. The summed E-state index contributed by atoms with van der Waals surface area (Å²) in [5.41, 5.74) is 10.6. The van der Waals surface area contributed by atoms with Gasteiger partial charge in [-0.1, -0.05) is 190 Å². The maximum Gasteiger partial charge on any atom is 0.0159 e. The molecule has 12 aromatic rings. The Labute approximate surface area is 330 Å². The van der Waals surface area contributed by atoms with Crippen LogP contribution in [0.15, 0.2) is 182 Å². The maximum absolute atomic E-state index is 2.51. The minimum Gasteiger partial charge on any atom is -0.0619 e. The second kappa shape index (κ2) is 11.1. The highest BCUT2D eigenvalue weighted by Crippen LogP contribution is 2.54. The van der Waals surface area contributed by atoms with Crippen LogP contribution in [0.25, 0.3) is 120 Å². The summed E-state index contributed by atoms with van der Waals surface area (Å²) in [5, 5.41) is 20.9. The minimum atomic E-state index is -0.103. The highest BCUT2D eigenvalue weighted by atomic mass is 14.4. The summed E-state index contributed by atoms with van der Waals surface area (Å²) in [6.45, 7) is 4.78. The quantitative estimate of drug-likeness (QED) is 0.123. The van der Waals surface area contributed by atoms with Crippen LogP contribution in [0.3, 0.4) is 0 Å². The lowest BCUT2D eigenvalue weighted by Gasteiger charge is -2.24. The molecule has 0 atom stereocenters. The normalized spacial score (nSPS) is 13.6. The molecule has 1 aliphatic rings. The van der Waals surface area contributed by atoms with E-state index in [9.17, 15) is 0 Å². The Morgan fingerprint density at radius 2 is 0.737 bits per heavy atom. The monoisotopic (exact) mass is 720 g/mol. The van der Waals surface area contributed by atoms with Crippen molar-refractivity contribution >= 4 is 86.2 Å². The molecule has 0 aliphatic heterocycles. The van der Waals surface area contributed by atoms with Gasteiger partial charge in [-0.3, -0.25) is 0 Å². The molecule has 1 aliphatic carbocycles. The Hall–Kier alpha value is -7.02. The lowest BCUT2D eigenvalue weighted by molar-refractivity contribution is 0.660. The van der Waals surface area contributed by atoms with Crippen LogP contribution in [-0.2, 0) is 5.41 Å². The Bertz CT molecular complexity index is 3660. The molecular weight excluding hydrogens is 685 g/mol. The molecule has 13 rings (SSSR count). The Morgan fingerprint density at radius 3 is 1.44 bits per heavy atom. The van der Waals surface area contributed by atoms with Gasteiger partial charge in [0.1, 0.15) is 0 Å². The van der Waals surface area contributed by atoms with E-state index in [0.717, 1.165) is 0 Å². The van der Waals surface area contributed by atoms with Crippen molar-refractivity contribution in [3.05, 3.63) is 193 Å². The van der Waals surface area contributed by atoms with E-state index in [4.69, 9.17) is 0 Å². The van der Waals surface area contributed by atoms with E-state index in [-0.39, 0.29) is 5.41 Å². The van der Waals surface area contributed by atoms with E-state index in [1.165, 1.54) is 131 Å². The smallest absolute Gasteiger partial charge is 0.0159 e. The summed E-state index contributed by atoms with van der Waals surface area (Å²) < 4.78 is 0. The summed E-state index contributed by atoms with van der Waals surface area (Å²) in [5.74, 6) is 0. The molecule has 0 nitrogen and oxygen atoms in total. The number of rotatable bonds is 2. The highest BCUT2D eigenvalue weighted by molar-refractivity contribution is 6.39. The molecule has 0 bridgehead atoms. The first-order valence-corrected chi connectivity index (χ1v) is 20.2. The second-order valence-electron chi connectivity index (χ2n) is 16.7. The van der Waals surface area contributed by atoms with Gasteiger partial charge in [-0.15, -0.1) is 0 Å². The molecule has 0 spiro atoms. The van der Waals surface area contributed by atoms with Crippen LogP contribution in [0.2, 0.25) is 0 Å². The van der Waals surface area contributed by atoms with Crippen molar-refractivity contribution in [2.75, 3.05) is 0 Å². The van der Waals surface area contributed by atoms with Gasteiger partial charge in [0.15, 0.2) is 0 Å². The van der Waals surface area contributed by atoms with Crippen molar-refractivity contribution in [2.24, 2.45) is 0 Å². The maximum atomic E-state index is 2.51. The van der Waals surface area contributed by atoms with Gasteiger partial charge >= 0.3 is 0 Å². The summed E-state index contributed by atoms with van der Waals surface area (Å²) in [7, 11) is 0. The lowest BCUT2D eigenvalue weighted by atomic mass is 9.78. The number of hydrogen-bond acceptors (Lipinski definition) is 0.